The van der Waals surface area contributed by atoms with Crippen LogP contribution in [0, 0.1) is 0 Å². The Balaban J connectivity index is 1.25. The molecule has 2 N–H and O–H groups in total. The Labute approximate surface area is 258 Å². The normalized spacial score (nSPS) is 19.4. The lowest BCUT2D eigenvalue weighted by Crippen LogP contribution is -2.64. The summed E-state index contributed by atoms with van der Waals surface area (Å²) in [4.78, 5) is 34.3. The molecule has 4 heterocycles. The van der Waals surface area contributed by atoms with Gasteiger partial charge in [0.1, 0.15) is 11.3 Å². The Morgan fingerprint density at radius 3 is 2.49 bits per heavy atom. The first-order valence-electron chi connectivity index (χ1n) is 13.6. The highest BCUT2D eigenvalue weighted by atomic mass is 32.1. The monoisotopic (exact) mass is 662 g/mol. The molecular weight excluding hydrogens is 639 g/mol. The third-order valence-corrected chi connectivity index (χ3v) is 9.37. The van der Waals surface area contributed by atoms with E-state index in [4.69, 9.17) is 14.5 Å². The summed E-state index contributed by atoms with van der Waals surface area (Å²) in [6.45, 7) is 1.17. The van der Waals surface area contributed by atoms with Crippen molar-refractivity contribution in [2.75, 3.05) is 35.9 Å². The number of ether oxygens (including phenoxy) is 4. The van der Waals surface area contributed by atoms with Crippen molar-refractivity contribution in [2.45, 2.75) is 31.2 Å². The van der Waals surface area contributed by atoms with E-state index in [-0.39, 0.29) is 51.2 Å². The van der Waals surface area contributed by atoms with Gasteiger partial charge in [0.05, 0.1) is 53.9 Å². The second-order valence-electron chi connectivity index (χ2n) is 10.5. The van der Waals surface area contributed by atoms with Gasteiger partial charge in [0.15, 0.2) is 16.6 Å². The minimum atomic E-state index is -4.01. The smallest absolute Gasteiger partial charge is 0.496 e. The van der Waals surface area contributed by atoms with E-state index in [9.17, 15) is 27.2 Å². The number of nitrogens with one attached hydrogen (secondary N) is 2. The average Bonchev–Trinajstić information content (AvgIpc) is 3.55. The first kappa shape index (κ1) is 29.5. The van der Waals surface area contributed by atoms with Crippen molar-refractivity contribution in [2.24, 2.45) is 0 Å². The number of benzene rings is 3. The Hall–Kier alpha value is -4.20. The van der Waals surface area contributed by atoms with E-state index < -0.39 is 36.0 Å². The van der Waals surface area contributed by atoms with Crippen molar-refractivity contribution in [3.05, 3.63) is 59.2 Å². The molecular formula is C29H23F4N4O6PS. The van der Waals surface area contributed by atoms with Crippen LogP contribution in [0.15, 0.2) is 42.5 Å². The largest absolute Gasteiger partial charge is 0.586 e. The van der Waals surface area contributed by atoms with Crippen molar-refractivity contribution in [3.8, 4) is 17.2 Å². The fourth-order valence-electron chi connectivity index (χ4n) is 5.62. The summed E-state index contributed by atoms with van der Waals surface area (Å²) in [6, 6.07) is 9.59. The molecule has 234 valence electrons. The number of anilines is 3. The van der Waals surface area contributed by atoms with E-state index in [1.807, 2.05) is 0 Å². The number of amides is 2. The predicted molar refractivity (Wildman–Crippen MR) is 161 cm³/mol. The molecule has 16 heteroatoms. The lowest BCUT2D eigenvalue weighted by Gasteiger charge is -2.52. The zero-order valence-electron chi connectivity index (χ0n) is 23.2. The summed E-state index contributed by atoms with van der Waals surface area (Å²) < 4.78 is 75.5. The number of halogens is 4. The number of methoxy groups -OCH3 is 1. The van der Waals surface area contributed by atoms with Crippen LogP contribution in [0.4, 0.5) is 34.1 Å². The summed E-state index contributed by atoms with van der Waals surface area (Å²) in [5, 5.41) is 6.07. The molecule has 2 fully saturated rings. The molecule has 0 spiro atoms. The van der Waals surface area contributed by atoms with Gasteiger partial charge in [0.2, 0.25) is 0 Å². The van der Waals surface area contributed by atoms with Crippen molar-refractivity contribution in [3.63, 3.8) is 0 Å². The lowest BCUT2D eigenvalue weighted by molar-refractivity contribution is -0.286. The molecule has 3 aromatic carbocycles. The van der Waals surface area contributed by atoms with Gasteiger partial charge in [-0.25, -0.2) is 13.8 Å². The van der Waals surface area contributed by atoms with Crippen LogP contribution in [0.1, 0.15) is 39.1 Å². The Morgan fingerprint density at radius 1 is 1.07 bits per heavy atom. The van der Waals surface area contributed by atoms with Gasteiger partial charge in [-0.15, -0.1) is 18.0 Å². The molecule has 3 atom stereocenters. The number of hydrogen-bond acceptors (Lipinski definition) is 9. The van der Waals surface area contributed by atoms with Crippen molar-refractivity contribution in [1.29, 1.82) is 0 Å². The van der Waals surface area contributed by atoms with Gasteiger partial charge in [-0.3, -0.25) is 9.59 Å². The minimum Gasteiger partial charge on any atom is -0.496 e. The Kier molecular flexibility index (Phi) is 7.21. The van der Waals surface area contributed by atoms with Crippen LogP contribution in [0.2, 0.25) is 0 Å². The number of alkyl halides is 4. The number of nitrogens with zero attached hydrogens (tertiary/aromatic N) is 2. The quantitative estimate of drug-likeness (QED) is 0.196. The number of morpholine rings is 1. The van der Waals surface area contributed by atoms with Crippen LogP contribution in [0.3, 0.4) is 0 Å². The molecule has 7 rings (SSSR count). The summed E-state index contributed by atoms with van der Waals surface area (Å²) in [5.74, 6) is -2.26. The molecule has 3 unspecified atom stereocenters. The molecule has 2 amide bonds. The van der Waals surface area contributed by atoms with Gasteiger partial charge in [0.25, 0.3) is 18.2 Å². The molecule has 45 heavy (non-hydrogen) atoms. The number of carbonyl (C=O) groups excluding carboxylic acids is 2. The highest BCUT2D eigenvalue weighted by molar-refractivity contribution is 7.27. The maximum Gasteiger partial charge on any atom is 0.586 e. The number of hydrogen-bond donors (Lipinski definition) is 2. The first-order chi connectivity index (χ1) is 21.5. The number of carbonyl (C=O) groups is 2. The fourth-order valence-corrected chi connectivity index (χ4v) is 7.17. The highest BCUT2D eigenvalue weighted by Crippen LogP contribution is 2.45. The van der Waals surface area contributed by atoms with E-state index in [1.54, 1.807) is 12.1 Å². The van der Waals surface area contributed by atoms with Gasteiger partial charge >= 0.3 is 6.29 Å². The fraction of sp³-hybridized carbons (Fsp3) is 0.276. The molecule has 0 aliphatic carbocycles. The van der Waals surface area contributed by atoms with Crippen LogP contribution in [-0.4, -0.2) is 55.5 Å². The second kappa shape index (κ2) is 11.0. The lowest BCUT2D eigenvalue weighted by atomic mass is 9.92. The molecule has 3 aliphatic heterocycles. The SMILES string of the molecule is COc1ccc2nc(N3C4COCC3C4)sc2c1C(=O)Nc1cc2c(cc1C(=O)Nc1ccc(P)c(C(F)F)c1)OC(F)(F)O2. The summed E-state index contributed by atoms with van der Waals surface area (Å²) in [5.41, 5.74) is -0.133. The number of thiazole rings is 1. The molecule has 2 bridgehead atoms. The third-order valence-electron chi connectivity index (χ3n) is 7.74. The summed E-state index contributed by atoms with van der Waals surface area (Å²) >= 11 is 1.30. The van der Waals surface area contributed by atoms with Crippen molar-refractivity contribution >= 4 is 64.4 Å². The van der Waals surface area contributed by atoms with Gasteiger partial charge in [0, 0.05) is 17.3 Å². The van der Waals surface area contributed by atoms with Crippen LogP contribution in [-0.2, 0) is 4.74 Å². The number of fused-ring (bicyclic) bond motifs is 4. The van der Waals surface area contributed by atoms with Crippen LogP contribution < -0.4 is 35.0 Å². The summed E-state index contributed by atoms with van der Waals surface area (Å²) in [6.07, 6.45) is -5.82. The molecule has 4 aromatic rings. The molecule has 2 saturated heterocycles. The van der Waals surface area contributed by atoms with Gasteiger partial charge in [-0.05, 0) is 42.1 Å². The maximum absolute atomic E-state index is 14.0. The van der Waals surface area contributed by atoms with Crippen molar-refractivity contribution < 1.29 is 46.1 Å². The van der Waals surface area contributed by atoms with Crippen LogP contribution in [0.5, 0.6) is 17.2 Å². The standard InChI is InChI=1S/C29H23F4N4O6PS/c1-40-19-4-3-17-24(45-28(36-17)37-13-7-14(37)11-41-10-13)23(19)27(39)35-18-9-21-20(42-29(32,33)43-21)8-15(18)26(38)34-12-2-5-22(44)16(6-12)25(30)31/h2-6,8-9,13-14,25H,7,10-11,44H2,1H3,(H,34,38)(H,35,39). The maximum atomic E-state index is 14.0. The highest BCUT2D eigenvalue weighted by Gasteiger charge is 2.45. The van der Waals surface area contributed by atoms with E-state index in [2.05, 4.69) is 34.2 Å². The third kappa shape index (κ3) is 5.28. The van der Waals surface area contributed by atoms with Crippen LogP contribution >= 0.6 is 20.6 Å². The molecule has 10 nitrogen and oxygen atoms in total. The average molecular weight is 663 g/mol. The molecule has 1 aromatic heterocycles. The summed E-state index contributed by atoms with van der Waals surface area (Å²) in [7, 11) is 3.58. The molecule has 0 saturated carbocycles. The zero-order valence-corrected chi connectivity index (χ0v) is 25.2. The van der Waals surface area contributed by atoms with E-state index >= 15 is 0 Å². The van der Waals surface area contributed by atoms with E-state index in [1.165, 1.54) is 30.6 Å². The van der Waals surface area contributed by atoms with Crippen LogP contribution in [0.25, 0.3) is 10.2 Å². The van der Waals surface area contributed by atoms with E-state index in [0.717, 1.165) is 29.8 Å². The second-order valence-corrected chi connectivity index (χ2v) is 12.1. The topological polar surface area (TPSA) is 111 Å². The Bertz CT molecular complexity index is 1860. The predicted octanol–water partition coefficient (Wildman–Crippen LogP) is 5.55. The van der Waals surface area contributed by atoms with E-state index in [0.29, 0.717) is 23.4 Å². The van der Waals surface area contributed by atoms with Gasteiger partial charge in [-0.2, -0.15) is 0 Å². The molecule has 0 radical (unpaired) electrons. The molecule has 3 aliphatic rings. The number of rotatable bonds is 7. The van der Waals surface area contributed by atoms with Gasteiger partial charge in [-0.1, -0.05) is 17.4 Å². The first-order valence-corrected chi connectivity index (χ1v) is 15.0. The minimum absolute atomic E-state index is 0.0200. The zero-order chi connectivity index (χ0) is 31.6. The number of aromatic nitrogens is 1. The van der Waals surface area contributed by atoms with Gasteiger partial charge < -0.3 is 34.5 Å². The van der Waals surface area contributed by atoms with Crippen molar-refractivity contribution in [1.82, 2.24) is 4.98 Å². The Morgan fingerprint density at radius 2 is 1.80 bits per heavy atom.